The average molecular weight is 259 g/mol. The molecule has 19 heavy (non-hydrogen) atoms. The highest BCUT2D eigenvalue weighted by molar-refractivity contribution is 5.84. The molecule has 1 aliphatic carbocycles. The fourth-order valence-corrected chi connectivity index (χ4v) is 2.19. The van der Waals surface area contributed by atoms with E-state index in [0.29, 0.717) is 19.4 Å². The van der Waals surface area contributed by atoms with Crippen molar-refractivity contribution in [3.05, 3.63) is 42.2 Å². The van der Waals surface area contributed by atoms with Gasteiger partial charge < -0.3 is 15.2 Å². The van der Waals surface area contributed by atoms with E-state index in [2.05, 4.69) is 10.3 Å². The predicted octanol–water partition coefficient (Wildman–Crippen LogP) is 0.0301. The van der Waals surface area contributed by atoms with E-state index < -0.39 is 17.8 Å². The molecular weight excluding hydrogens is 244 g/mol. The van der Waals surface area contributed by atoms with Crippen molar-refractivity contribution in [3.63, 3.8) is 0 Å². The number of nitrogens with zero attached hydrogens (tertiary/aromatic N) is 1. The van der Waals surface area contributed by atoms with Gasteiger partial charge in [-0.2, -0.15) is 0 Å². The zero-order chi connectivity index (χ0) is 13.7. The van der Waals surface area contributed by atoms with Gasteiger partial charge in [0.15, 0.2) is 0 Å². The van der Waals surface area contributed by atoms with E-state index in [9.17, 15) is 14.7 Å². The van der Waals surface area contributed by atoms with Crippen LogP contribution in [-0.2, 0) is 16.1 Å². The maximum absolute atomic E-state index is 12.0. The van der Waals surface area contributed by atoms with E-state index in [1.807, 2.05) is 6.08 Å². The molecule has 1 aliphatic rings. The summed E-state index contributed by atoms with van der Waals surface area (Å²) in [7, 11) is 0. The van der Waals surface area contributed by atoms with Crippen LogP contribution in [0.3, 0.4) is 0 Å². The molecule has 0 bridgehead atoms. The molecule has 5 heteroatoms. The molecule has 0 aromatic carbocycles. The Morgan fingerprint density at radius 1 is 1.21 bits per heavy atom. The third-order valence-corrected chi connectivity index (χ3v) is 3.29. The second-order valence-corrected chi connectivity index (χ2v) is 4.55. The number of pyridine rings is 1. The molecule has 1 N–H and O–H groups in total. The number of carboxylic acid groups (broad SMARTS) is 1. The molecule has 1 aromatic rings. The number of hydrogen-bond donors (Lipinski definition) is 1. The van der Waals surface area contributed by atoms with E-state index in [1.165, 1.54) is 0 Å². The van der Waals surface area contributed by atoms with Crippen LogP contribution in [0.25, 0.3) is 0 Å². The van der Waals surface area contributed by atoms with Crippen LogP contribution in [0, 0.1) is 11.8 Å². The standard InChI is InChI=1S/C14H16N2O3/c17-13(16-9-10-5-7-15-8-6-10)11-3-1-2-4-12(11)14(18)19/h1-2,5-8,11-12H,3-4,9H2,(H,16,17)(H,18,19)/p-1. The molecule has 0 aliphatic heterocycles. The summed E-state index contributed by atoms with van der Waals surface area (Å²) >= 11 is 0. The minimum absolute atomic E-state index is 0.240. The Morgan fingerprint density at radius 3 is 2.47 bits per heavy atom. The van der Waals surface area contributed by atoms with Crippen LogP contribution in [-0.4, -0.2) is 16.9 Å². The third-order valence-electron chi connectivity index (χ3n) is 3.29. The van der Waals surface area contributed by atoms with Crippen molar-refractivity contribution in [2.24, 2.45) is 11.8 Å². The molecule has 1 amide bonds. The molecule has 5 nitrogen and oxygen atoms in total. The first-order valence-electron chi connectivity index (χ1n) is 6.21. The first-order chi connectivity index (χ1) is 9.18. The summed E-state index contributed by atoms with van der Waals surface area (Å²) in [6.45, 7) is 0.376. The normalized spacial score (nSPS) is 21.9. The zero-order valence-electron chi connectivity index (χ0n) is 10.4. The van der Waals surface area contributed by atoms with E-state index in [-0.39, 0.29) is 5.91 Å². The van der Waals surface area contributed by atoms with Crippen molar-refractivity contribution < 1.29 is 14.7 Å². The van der Waals surface area contributed by atoms with Crippen molar-refractivity contribution in [1.82, 2.24) is 10.3 Å². The number of allylic oxidation sites excluding steroid dienone is 2. The summed E-state index contributed by atoms with van der Waals surface area (Å²) in [5.41, 5.74) is 0.930. The van der Waals surface area contributed by atoms with Crippen LogP contribution >= 0.6 is 0 Å². The largest absolute Gasteiger partial charge is 0.550 e. The highest BCUT2D eigenvalue weighted by atomic mass is 16.4. The van der Waals surface area contributed by atoms with Crippen molar-refractivity contribution in [3.8, 4) is 0 Å². The van der Waals surface area contributed by atoms with Crippen molar-refractivity contribution in [2.45, 2.75) is 19.4 Å². The van der Waals surface area contributed by atoms with Crippen LogP contribution in [0.1, 0.15) is 18.4 Å². The molecule has 0 radical (unpaired) electrons. The van der Waals surface area contributed by atoms with Crippen LogP contribution < -0.4 is 10.4 Å². The molecule has 2 rings (SSSR count). The smallest absolute Gasteiger partial charge is 0.224 e. The molecule has 1 heterocycles. The second kappa shape index (κ2) is 6.13. The fourth-order valence-electron chi connectivity index (χ4n) is 2.19. The monoisotopic (exact) mass is 259 g/mol. The fraction of sp³-hybridized carbons (Fsp3) is 0.357. The summed E-state index contributed by atoms with van der Waals surface area (Å²) in [6, 6.07) is 3.61. The topological polar surface area (TPSA) is 82.1 Å². The van der Waals surface area contributed by atoms with Gasteiger partial charge in [0.1, 0.15) is 0 Å². The SMILES string of the molecule is O=C([O-])C1CC=CCC1C(=O)NCc1ccncc1. The molecule has 2 unspecified atom stereocenters. The summed E-state index contributed by atoms with van der Waals surface area (Å²) in [5.74, 6) is -2.68. The number of carbonyl (C=O) groups is 2. The number of carboxylic acids is 1. The Labute approximate surface area is 111 Å². The second-order valence-electron chi connectivity index (χ2n) is 4.55. The van der Waals surface area contributed by atoms with Crippen LogP contribution in [0.4, 0.5) is 0 Å². The van der Waals surface area contributed by atoms with Gasteiger partial charge in [-0.05, 0) is 30.5 Å². The quantitative estimate of drug-likeness (QED) is 0.773. The first-order valence-corrected chi connectivity index (χ1v) is 6.21. The Morgan fingerprint density at radius 2 is 1.84 bits per heavy atom. The highest BCUT2D eigenvalue weighted by Gasteiger charge is 2.29. The Hall–Kier alpha value is -2.17. The highest BCUT2D eigenvalue weighted by Crippen LogP contribution is 2.25. The third kappa shape index (κ3) is 3.40. The molecule has 1 aromatic heterocycles. The Balaban J connectivity index is 1.95. The van der Waals surface area contributed by atoms with Gasteiger partial charge in [-0.3, -0.25) is 9.78 Å². The number of hydrogen-bond acceptors (Lipinski definition) is 4. The summed E-state index contributed by atoms with van der Waals surface area (Å²) in [5, 5.41) is 13.8. The number of amides is 1. The Bertz CT molecular complexity index is 485. The lowest BCUT2D eigenvalue weighted by atomic mass is 9.82. The van der Waals surface area contributed by atoms with Crippen LogP contribution in [0.2, 0.25) is 0 Å². The lowest BCUT2D eigenvalue weighted by Crippen LogP contribution is -2.43. The van der Waals surface area contributed by atoms with E-state index in [0.717, 1.165) is 5.56 Å². The number of nitrogens with one attached hydrogen (secondary N) is 1. The van der Waals surface area contributed by atoms with Gasteiger partial charge in [-0.25, -0.2) is 0 Å². The maximum atomic E-state index is 12.0. The van der Waals surface area contributed by atoms with Gasteiger partial charge in [0.2, 0.25) is 5.91 Å². The Kier molecular flexibility index (Phi) is 4.28. The van der Waals surface area contributed by atoms with Gasteiger partial charge in [-0.15, -0.1) is 0 Å². The maximum Gasteiger partial charge on any atom is 0.224 e. The van der Waals surface area contributed by atoms with Crippen LogP contribution in [0.5, 0.6) is 0 Å². The molecule has 0 spiro atoms. The molecule has 0 fully saturated rings. The van der Waals surface area contributed by atoms with E-state index >= 15 is 0 Å². The number of aliphatic carboxylic acids is 1. The predicted molar refractivity (Wildman–Crippen MR) is 66.4 cm³/mol. The minimum atomic E-state index is -1.16. The van der Waals surface area contributed by atoms with Gasteiger partial charge >= 0.3 is 0 Å². The van der Waals surface area contributed by atoms with Gasteiger partial charge in [0.05, 0.1) is 0 Å². The van der Waals surface area contributed by atoms with Crippen LogP contribution in [0.15, 0.2) is 36.7 Å². The minimum Gasteiger partial charge on any atom is -0.550 e. The van der Waals surface area contributed by atoms with Crippen molar-refractivity contribution in [2.75, 3.05) is 0 Å². The molecule has 0 saturated heterocycles. The van der Waals surface area contributed by atoms with E-state index in [1.54, 1.807) is 30.6 Å². The first kappa shape index (κ1) is 13.3. The van der Waals surface area contributed by atoms with E-state index in [4.69, 9.17) is 0 Å². The summed E-state index contributed by atoms with van der Waals surface area (Å²) in [4.78, 5) is 26.9. The van der Waals surface area contributed by atoms with Gasteiger partial charge in [0, 0.05) is 36.7 Å². The van der Waals surface area contributed by atoms with Crippen molar-refractivity contribution in [1.29, 1.82) is 0 Å². The van der Waals surface area contributed by atoms with Gasteiger partial charge in [-0.1, -0.05) is 12.2 Å². The van der Waals surface area contributed by atoms with Gasteiger partial charge in [0.25, 0.3) is 0 Å². The number of rotatable bonds is 4. The summed E-state index contributed by atoms with van der Waals surface area (Å²) < 4.78 is 0. The number of aromatic nitrogens is 1. The summed E-state index contributed by atoms with van der Waals surface area (Å²) in [6.07, 6.45) is 7.73. The zero-order valence-corrected chi connectivity index (χ0v) is 10.4. The molecular formula is C14H15N2O3-. The molecule has 2 atom stereocenters. The number of carbonyl (C=O) groups excluding carboxylic acids is 2. The molecule has 0 saturated carbocycles. The van der Waals surface area contributed by atoms with Crippen molar-refractivity contribution >= 4 is 11.9 Å². The molecule has 100 valence electrons. The lowest BCUT2D eigenvalue weighted by Gasteiger charge is -2.28. The average Bonchev–Trinajstić information content (AvgIpc) is 2.46. The lowest BCUT2D eigenvalue weighted by molar-refractivity contribution is -0.313.